The summed E-state index contributed by atoms with van der Waals surface area (Å²) in [6.45, 7) is -0.492. The molecule has 0 atom stereocenters. The number of hydrogen-bond donors (Lipinski definition) is 3. The highest BCUT2D eigenvalue weighted by molar-refractivity contribution is 9.10. The molecule has 2 aromatic rings. The van der Waals surface area contributed by atoms with Crippen LogP contribution in [0.25, 0.3) is 0 Å². The molecule has 0 bridgehead atoms. The topological polar surface area (TPSA) is 95.1 Å². The van der Waals surface area contributed by atoms with Gasteiger partial charge >= 0.3 is 0 Å². The van der Waals surface area contributed by atoms with Crippen LogP contribution in [0, 0.1) is 5.82 Å². The quantitative estimate of drug-likeness (QED) is 0.781. The standard InChI is InChI=1S/C10H9BrFN3O3S/c11-7-1-2-8(12)9(3-7)15-19(17,18)10-6(5-16)4-13-14-10/h1-4,15-16H,5H2,(H,13,14). The molecule has 102 valence electrons. The summed E-state index contributed by atoms with van der Waals surface area (Å²) in [5.41, 5.74) is -0.101. The molecule has 0 amide bonds. The van der Waals surface area contributed by atoms with Crippen molar-refractivity contribution in [1.82, 2.24) is 10.2 Å². The second-order valence-corrected chi connectivity index (χ2v) is 6.15. The van der Waals surface area contributed by atoms with Crippen molar-refractivity contribution in [3.63, 3.8) is 0 Å². The fourth-order valence-electron chi connectivity index (χ4n) is 1.42. The van der Waals surface area contributed by atoms with E-state index in [0.29, 0.717) is 4.47 Å². The van der Waals surface area contributed by atoms with Gasteiger partial charge < -0.3 is 5.11 Å². The predicted octanol–water partition coefficient (Wildman–Crippen LogP) is 1.60. The van der Waals surface area contributed by atoms with E-state index in [-0.39, 0.29) is 16.3 Å². The van der Waals surface area contributed by atoms with Crippen LogP contribution in [0.2, 0.25) is 0 Å². The Labute approximate surface area is 116 Å². The Morgan fingerprint density at radius 1 is 1.47 bits per heavy atom. The Bertz CT molecular complexity index is 702. The van der Waals surface area contributed by atoms with Gasteiger partial charge in [-0.2, -0.15) is 13.5 Å². The van der Waals surface area contributed by atoms with Crippen LogP contribution in [-0.2, 0) is 16.6 Å². The molecule has 0 unspecified atom stereocenters. The van der Waals surface area contributed by atoms with E-state index in [1.54, 1.807) is 0 Å². The van der Waals surface area contributed by atoms with Gasteiger partial charge in [-0.1, -0.05) is 15.9 Å². The van der Waals surface area contributed by atoms with E-state index >= 15 is 0 Å². The molecule has 3 N–H and O–H groups in total. The number of nitrogens with zero attached hydrogens (tertiary/aromatic N) is 1. The first kappa shape index (κ1) is 14.0. The third kappa shape index (κ3) is 2.94. The lowest BCUT2D eigenvalue weighted by Crippen LogP contribution is -2.16. The number of aliphatic hydroxyl groups is 1. The van der Waals surface area contributed by atoms with E-state index in [9.17, 15) is 12.8 Å². The number of hydrogen-bond acceptors (Lipinski definition) is 4. The van der Waals surface area contributed by atoms with Crippen molar-refractivity contribution in [1.29, 1.82) is 0 Å². The summed E-state index contributed by atoms with van der Waals surface area (Å²) >= 11 is 3.12. The Morgan fingerprint density at radius 2 is 2.21 bits per heavy atom. The number of aromatic amines is 1. The van der Waals surface area contributed by atoms with Crippen molar-refractivity contribution < 1.29 is 17.9 Å². The molecule has 0 spiro atoms. The molecule has 19 heavy (non-hydrogen) atoms. The molecule has 6 nitrogen and oxygen atoms in total. The highest BCUT2D eigenvalue weighted by Crippen LogP contribution is 2.23. The molecule has 1 aromatic carbocycles. The summed E-state index contributed by atoms with van der Waals surface area (Å²) in [5.74, 6) is -0.711. The fourth-order valence-corrected chi connectivity index (χ4v) is 2.96. The van der Waals surface area contributed by atoms with Crippen LogP contribution < -0.4 is 4.72 Å². The Balaban J connectivity index is 2.39. The van der Waals surface area contributed by atoms with E-state index in [2.05, 4.69) is 30.8 Å². The van der Waals surface area contributed by atoms with E-state index in [1.807, 2.05) is 0 Å². The Morgan fingerprint density at radius 3 is 2.89 bits per heavy atom. The Kier molecular flexibility index (Phi) is 3.88. The minimum absolute atomic E-state index is 0.0999. The number of H-pyrrole nitrogens is 1. The smallest absolute Gasteiger partial charge is 0.279 e. The minimum atomic E-state index is -4.04. The number of rotatable bonds is 4. The molecule has 2 rings (SSSR count). The van der Waals surface area contributed by atoms with Crippen molar-refractivity contribution in [3.8, 4) is 0 Å². The summed E-state index contributed by atoms with van der Waals surface area (Å²) in [6.07, 6.45) is 1.19. The van der Waals surface area contributed by atoms with Crippen LogP contribution in [0.1, 0.15) is 5.56 Å². The van der Waals surface area contributed by atoms with Crippen LogP contribution in [0.5, 0.6) is 0 Å². The summed E-state index contributed by atoms with van der Waals surface area (Å²) in [4.78, 5) is 0. The van der Waals surface area contributed by atoms with Gasteiger partial charge in [0.15, 0.2) is 5.03 Å². The third-order valence-corrected chi connectivity index (χ3v) is 4.16. The lowest BCUT2D eigenvalue weighted by atomic mass is 10.3. The zero-order chi connectivity index (χ0) is 14.0. The lowest BCUT2D eigenvalue weighted by Gasteiger charge is -2.08. The second-order valence-electron chi connectivity index (χ2n) is 3.61. The number of aromatic nitrogens is 2. The number of benzene rings is 1. The van der Waals surface area contributed by atoms with Gasteiger partial charge in [0.25, 0.3) is 10.0 Å². The van der Waals surface area contributed by atoms with Crippen LogP contribution >= 0.6 is 15.9 Å². The van der Waals surface area contributed by atoms with E-state index in [1.165, 1.54) is 18.3 Å². The van der Waals surface area contributed by atoms with Gasteiger partial charge in [0.1, 0.15) is 5.82 Å². The molecule has 0 aliphatic heterocycles. The SMILES string of the molecule is O=S(=O)(Nc1cc(Br)ccc1F)c1[nH]ncc1CO. The summed E-state index contributed by atoms with van der Waals surface area (Å²) in [5, 5.41) is 14.5. The summed E-state index contributed by atoms with van der Waals surface area (Å²) in [7, 11) is -4.04. The molecule has 0 aliphatic rings. The highest BCUT2D eigenvalue weighted by atomic mass is 79.9. The maximum Gasteiger partial charge on any atom is 0.279 e. The van der Waals surface area contributed by atoms with Crippen molar-refractivity contribution in [2.45, 2.75) is 11.6 Å². The number of aliphatic hydroxyl groups excluding tert-OH is 1. The van der Waals surface area contributed by atoms with Gasteiger partial charge in [-0.3, -0.25) is 9.82 Å². The average molecular weight is 350 g/mol. The average Bonchev–Trinajstić information content (AvgIpc) is 2.82. The maximum absolute atomic E-state index is 13.5. The van der Waals surface area contributed by atoms with Crippen molar-refractivity contribution >= 4 is 31.6 Å². The third-order valence-electron chi connectivity index (χ3n) is 2.29. The van der Waals surface area contributed by atoms with Gasteiger partial charge in [0.2, 0.25) is 0 Å². The molecule has 0 fully saturated rings. The monoisotopic (exact) mass is 349 g/mol. The zero-order valence-electron chi connectivity index (χ0n) is 9.39. The summed E-state index contributed by atoms with van der Waals surface area (Å²) < 4.78 is 40.2. The first-order valence-electron chi connectivity index (χ1n) is 5.05. The number of nitrogens with one attached hydrogen (secondary N) is 2. The van der Waals surface area contributed by atoms with Gasteiger partial charge in [-0.05, 0) is 18.2 Å². The van der Waals surface area contributed by atoms with Crippen LogP contribution in [-0.4, -0.2) is 23.7 Å². The first-order chi connectivity index (χ1) is 8.94. The first-order valence-corrected chi connectivity index (χ1v) is 7.32. The van der Waals surface area contributed by atoms with Gasteiger partial charge in [0, 0.05) is 10.0 Å². The fraction of sp³-hybridized carbons (Fsp3) is 0.100. The molecule has 0 saturated carbocycles. The van der Waals surface area contributed by atoms with Crippen molar-refractivity contribution in [2.24, 2.45) is 0 Å². The van der Waals surface area contributed by atoms with Crippen LogP contribution in [0.3, 0.4) is 0 Å². The van der Waals surface area contributed by atoms with Gasteiger partial charge in [-0.15, -0.1) is 0 Å². The molecule has 9 heteroatoms. The Hall–Kier alpha value is -1.45. The molecule has 0 saturated heterocycles. The highest BCUT2D eigenvalue weighted by Gasteiger charge is 2.21. The number of anilines is 1. The molecule has 1 heterocycles. The normalized spacial score (nSPS) is 11.5. The summed E-state index contributed by atoms with van der Waals surface area (Å²) in [6, 6.07) is 3.87. The van der Waals surface area contributed by atoms with Crippen molar-refractivity contribution in [2.75, 3.05) is 4.72 Å². The number of halogens is 2. The zero-order valence-corrected chi connectivity index (χ0v) is 11.8. The van der Waals surface area contributed by atoms with E-state index < -0.39 is 22.4 Å². The van der Waals surface area contributed by atoms with Crippen LogP contribution in [0.15, 0.2) is 33.9 Å². The number of sulfonamides is 1. The molecular weight excluding hydrogens is 341 g/mol. The van der Waals surface area contributed by atoms with Crippen LogP contribution in [0.4, 0.5) is 10.1 Å². The molecule has 1 aromatic heterocycles. The largest absolute Gasteiger partial charge is 0.392 e. The van der Waals surface area contributed by atoms with Crippen molar-refractivity contribution in [3.05, 3.63) is 40.2 Å². The van der Waals surface area contributed by atoms with Gasteiger partial charge in [-0.25, -0.2) is 4.39 Å². The van der Waals surface area contributed by atoms with E-state index in [0.717, 1.165) is 6.07 Å². The molecule has 0 aliphatic carbocycles. The molecule has 0 radical (unpaired) electrons. The minimum Gasteiger partial charge on any atom is -0.392 e. The second kappa shape index (κ2) is 5.27. The van der Waals surface area contributed by atoms with Gasteiger partial charge in [0.05, 0.1) is 18.5 Å². The maximum atomic E-state index is 13.5. The molecular formula is C10H9BrFN3O3S. The predicted molar refractivity (Wildman–Crippen MR) is 69.4 cm³/mol. The lowest BCUT2D eigenvalue weighted by molar-refractivity contribution is 0.278. The van der Waals surface area contributed by atoms with E-state index in [4.69, 9.17) is 5.11 Å².